The number of hydrogen-bond acceptors (Lipinski definition) is 3. The smallest absolute Gasteiger partial charge is 0.222 e. The molecule has 1 aromatic carbocycles. The third-order valence-electron chi connectivity index (χ3n) is 4.60. The lowest BCUT2D eigenvalue weighted by atomic mass is 10.2. The fourth-order valence-electron chi connectivity index (χ4n) is 3.21. The van der Waals surface area contributed by atoms with Crippen molar-refractivity contribution in [2.75, 3.05) is 26.2 Å². The summed E-state index contributed by atoms with van der Waals surface area (Å²) in [5, 5.41) is 4.16. The van der Waals surface area contributed by atoms with Crippen LogP contribution in [-0.2, 0) is 17.9 Å². The second-order valence-electron chi connectivity index (χ2n) is 6.51. The summed E-state index contributed by atoms with van der Waals surface area (Å²) >= 11 is 0. The van der Waals surface area contributed by atoms with E-state index in [1.165, 1.54) is 12.1 Å². The molecule has 0 saturated carbocycles. The van der Waals surface area contributed by atoms with Gasteiger partial charge in [-0.15, -0.1) is 0 Å². The summed E-state index contributed by atoms with van der Waals surface area (Å²) in [4.78, 5) is 16.7. The quantitative estimate of drug-likeness (QED) is 0.809. The van der Waals surface area contributed by atoms with Crippen molar-refractivity contribution in [2.45, 2.75) is 32.4 Å². The van der Waals surface area contributed by atoms with E-state index >= 15 is 0 Å². The molecule has 0 aliphatic carbocycles. The number of aryl methyl sites for hydroxylation is 1. The monoisotopic (exact) mass is 344 g/mol. The van der Waals surface area contributed by atoms with E-state index in [0.29, 0.717) is 6.42 Å². The molecule has 0 N–H and O–H groups in total. The summed E-state index contributed by atoms with van der Waals surface area (Å²) in [6.45, 7) is 5.00. The molecule has 1 aliphatic rings. The molecule has 2 heterocycles. The number of halogens is 1. The Bertz CT molecular complexity index is 657. The number of amides is 1. The molecule has 0 radical (unpaired) electrons. The van der Waals surface area contributed by atoms with Crippen LogP contribution in [0, 0.1) is 5.82 Å². The van der Waals surface area contributed by atoms with Crippen LogP contribution in [0.5, 0.6) is 0 Å². The van der Waals surface area contributed by atoms with Crippen molar-refractivity contribution in [3.63, 3.8) is 0 Å². The van der Waals surface area contributed by atoms with Crippen molar-refractivity contribution < 1.29 is 9.18 Å². The number of nitrogens with zero attached hydrogens (tertiary/aromatic N) is 4. The van der Waals surface area contributed by atoms with Crippen molar-refractivity contribution in [1.82, 2.24) is 19.6 Å². The lowest BCUT2D eigenvalue weighted by Crippen LogP contribution is -2.35. The number of carbonyl (C=O) groups is 1. The summed E-state index contributed by atoms with van der Waals surface area (Å²) in [6.07, 6.45) is 6.04. The molecule has 1 fully saturated rings. The molecule has 2 aromatic rings. The first-order chi connectivity index (χ1) is 12.2. The maximum atomic E-state index is 13.0. The van der Waals surface area contributed by atoms with Crippen LogP contribution in [-0.4, -0.2) is 51.7 Å². The van der Waals surface area contributed by atoms with Crippen LogP contribution in [0.1, 0.15) is 24.8 Å². The first kappa shape index (κ1) is 17.6. The lowest BCUT2D eigenvalue weighted by molar-refractivity contribution is -0.131. The minimum Gasteiger partial charge on any atom is -0.341 e. The molecule has 1 aliphatic heterocycles. The summed E-state index contributed by atoms with van der Waals surface area (Å²) in [6, 6.07) is 8.56. The Kier molecular flexibility index (Phi) is 6.17. The molecular formula is C19H25FN4O. The number of rotatable bonds is 6. The molecule has 0 bridgehead atoms. The number of carbonyl (C=O) groups excluding carboxylic acids is 1. The second kappa shape index (κ2) is 8.76. The highest BCUT2D eigenvalue weighted by molar-refractivity contribution is 5.76. The number of aromatic nitrogens is 2. The van der Waals surface area contributed by atoms with E-state index in [0.717, 1.165) is 57.7 Å². The van der Waals surface area contributed by atoms with Crippen molar-refractivity contribution in [3.8, 4) is 0 Å². The zero-order chi connectivity index (χ0) is 17.5. The standard InChI is InChI=1S/C19H25FN4O/c20-18-7-5-17(6-8-18)16-22-10-3-11-23(15-14-22)19(25)4-1-12-24-13-2-9-21-24/h2,5-9,13H,1,3-4,10-12,14-16H2. The van der Waals surface area contributed by atoms with Gasteiger partial charge in [-0.2, -0.15) is 5.10 Å². The van der Waals surface area contributed by atoms with Gasteiger partial charge in [-0.05, 0) is 36.6 Å². The van der Waals surface area contributed by atoms with E-state index in [4.69, 9.17) is 0 Å². The average Bonchev–Trinajstić information content (AvgIpc) is 3.02. The maximum absolute atomic E-state index is 13.0. The minimum absolute atomic E-state index is 0.202. The molecule has 25 heavy (non-hydrogen) atoms. The topological polar surface area (TPSA) is 41.4 Å². The van der Waals surface area contributed by atoms with Crippen LogP contribution in [0.15, 0.2) is 42.7 Å². The molecule has 1 aromatic heterocycles. The van der Waals surface area contributed by atoms with Crippen molar-refractivity contribution >= 4 is 5.91 Å². The van der Waals surface area contributed by atoms with E-state index in [1.54, 1.807) is 6.20 Å². The summed E-state index contributed by atoms with van der Waals surface area (Å²) in [5.74, 6) is 0.0299. The molecule has 0 atom stereocenters. The van der Waals surface area contributed by atoms with Gasteiger partial charge in [0.25, 0.3) is 0 Å². The van der Waals surface area contributed by atoms with Gasteiger partial charge in [0.2, 0.25) is 5.91 Å². The van der Waals surface area contributed by atoms with Gasteiger partial charge in [-0.1, -0.05) is 12.1 Å². The van der Waals surface area contributed by atoms with Gasteiger partial charge in [0.1, 0.15) is 5.82 Å². The molecule has 1 saturated heterocycles. The van der Waals surface area contributed by atoms with Crippen molar-refractivity contribution in [3.05, 3.63) is 54.1 Å². The Balaban J connectivity index is 1.42. The highest BCUT2D eigenvalue weighted by Gasteiger charge is 2.18. The Morgan fingerprint density at radius 2 is 1.96 bits per heavy atom. The zero-order valence-corrected chi connectivity index (χ0v) is 14.5. The van der Waals surface area contributed by atoms with Gasteiger partial charge in [0.15, 0.2) is 0 Å². The SMILES string of the molecule is O=C(CCCn1cccn1)N1CCCN(Cc2ccc(F)cc2)CC1. The lowest BCUT2D eigenvalue weighted by Gasteiger charge is -2.22. The van der Waals surface area contributed by atoms with Gasteiger partial charge < -0.3 is 4.90 Å². The van der Waals surface area contributed by atoms with Crippen LogP contribution in [0.2, 0.25) is 0 Å². The van der Waals surface area contributed by atoms with Crippen LogP contribution in [0.25, 0.3) is 0 Å². The van der Waals surface area contributed by atoms with Crippen LogP contribution < -0.4 is 0 Å². The van der Waals surface area contributed by atoms with E-state index in [9.17, 15) is 9.18 Å². The van der Waals surface area contributed by atoms with Crippen molar-refractivity contribution in [1.29, 1.82) is 0 Å². The van der Waals surface area contributed by atoms with Gasteiger partial charge in [-0.3, -0.25) is 14.4 Å². The second-order valence-corrected chi connectivity index (χ2v) is 6.51. The molecule has 6 heteroatoms. The van der Waals surface area contributed by atoms with E-state index in [2.05, 4.69) is 10.00 Å². The number of benzene rings is 1. The van der Waals surface area contributed by atoms with Gasteiger partial charge in [0.05, 0.1) is 0 Å². The molecule has 3 rings (SSSR count). The van der Waals surface area contributed by atoms with Gasteiger partial charge >= 0.3 is 0 Å². The fraction of sp³-hybridized carbons (Fsp3) is 0.474. The molecule has 0 spiro atoms. The molecule has 134 valence electrons. The van der Waals surface area contributed by atoms with E-state index in [1.807, 2.05) is 34.0 Å². The first-order valence-electron chi connectivity index (χ1n) is 8.93. The molecule has 5 nitrogen and oxygen atoms in total. The first-order valence-corrected chi connectivity index (χ1v) is 8.93. The third-order valence-corrected chi connectivity index (χ3v) is 4.60. The van der Waals surface area contributed by atoms with E-state index in [-0.39, 0.29) is 11.7 Å². The van der Waals surface area contributed by atoms with Crippen LogP contribution in [0.4, 0.5) is 4.39 Å². The normalized spacial score (nSPS) is 16.0. The number of hydrogen-bond donors (Lipinski definition) is 0. The Morgan fingerprint density at radius 3 is 2.72 bits per heavy atom. The summed E-state index contributed by atoms with van der Waals surface area (Å²) < 4.78 is 14.9. The molecular weight excluding hydrogens is 319 g/mol. The summed E-state index contributed by atoms with van der Waals surface area (Å²) in [5.41, 5.74) is 1.11. The van der Waals surface area contributed by atoms with Crippen LogP contribution in [0.3, 0.4) is 0 Å². The fourth-order valence-corrected chi connectivity index (χ4v) is 3.21. The Morgan fingerprint density at radius 1 is 1.12 bits per heavy atom. The predicted molar refractivity (Wildman–Crippen MR) is 94.3 cm³/mol. The Labute approximate surface area is 148 Å². The Hall–Kier alpha value is -2.21. The minimum atomic E-state index is -0.202. The highest BCUT2D eigenvalue weighted by Crippen LogP contribution is 2.11. The zero-order valence-electron chi connectivity index (χ0n) is 14.5. The molecule has 0 unspecified atom stereocenters. The highest BCUT2D eigenvalue weighted by atomic mass is 19.1. The maximum Gasteiger partial charge on any atom is 0.222 e. The third kappa shape index (κ3) is 5.39. The van der Waals surface area contributed by atoms with Gasteiger partial charge in [-0.25, -0.2) is 4.39 Å². The summed E-state index contributed by atoms with van der Waals surface area (Å²) in [7, 11) is 0. The van der Waals surface area contributed by atoms with Gasteiger partial charge in [0, 0.05) is 58.1 Å². The molecule has 1 amide bonds. The van der Waals surface area contributed by atoms with Crippen molar-refractivity contribution in [2.24, 2.45) is 0 Å². The van der Waals surface area contributed by atoms with E-state index < -0.39 is 0 Å². The predicted octanol–water partition coefficient (Wildman–Crippen LogP) is 2.54. The van der Waals surface area contributed by atoms with Crippen LogP contribution >= 0.6 is 0 Å². The largest absolute Gasteiger partial charge is 0.341 e. The average molecular weight is 344 g/mol.